The van der Waals surface area contributed by atoms with Gasteiger partial charge in [-0.1, -0.05) is 20.8 Å². The van der Waals surface area contributed by atoms with Crippen LogP contribution in [0.5, 0.6) is 0 Å². The topological polar surface area (TPSA) is 56.0 Å². The van der Waals surface area contributed by atoms with E-state index in [2.05, 4.69) is 4.98 Å². The predicted octanol–water partition coefficient (Wildman–Crippen LogP) is 1.95. The molecule has 82 valence electrons. The molecule has 0 aliphatic rings. The summed E-state index contributed by atoms with van der Waals surface area (Å²) in [6, 6.07) is 1.34. The first-order valence-electron chi connectivity index (χ1n) is 5.04. The van der Waals surface area contributed by atoms with Crippen molar-refractivity contribution in [2.24, 2.45) is 11.1 Å². The molecule has 0 amide bonds. The lowest BCUT2D eigenvalue weighted by Gasteiger charge is -2.25. The standard InChI is InChI=1S/C12H18N2O/c1-8-5-9(7-14-6-8)10(15)11(13)12(2,3)4/h5-7,11H,13H2,1-4H3. The molecular formula is C12H18N2O. The molecule has 0 aliphatic carbocycles. The lowest BCUT2D eigenvalue weighted by atomic mass is 9.83. The third kappa shape index (κ3) is 2.86. The van der Waals surface area contributed by atoms with Crippen molar-refractivity contribution in [2.75, 3.05) is 0 Å². The minimum absolute atomic E-state index is 0.0429. The maximum absolute atomic E-state index is 12.0. The molecule has 0 aliphatic heterocycles. The van der Waals surface area contributed by atoms with E-state index in [1.807, 2.05) is 33.8 Å². The number of hydrogen-bond donors (Lipinski definition) is 1. The number of carbonyl (C=O) groups excluding carboxylic acids is 1. The van der Waals surface area contributed by atoms with Gasteiger partial charge >= 0.3 is 0 Å². The van der Waals surface area contributed by atoms with E-state index in [0.29, 0.717) is 5.56 Å². The van der Waals surface area contributed by atoms with Gasteiger partial charge in [-0.2, -0.15) is 0 Å². The Morgan fingerprint density at radius 2 is 2.00 bits per heavy atom. The SMILES string of the molecule is Cc1cncc(C(=O)C(N)C(C)(C)C)c1. The number of nitrogens with zero attached hydrogens (tertiary/aromatic N) is 1. The molecule has 15 heavy (non-hydrogen) atoms. The van der Waals surface area contributed by atoms with E-state index in [1.165, 1.54) is 0 Å². The molecule has 0 bridgehead atoms. The first-order chi connectivity index (χ1) is 6.82. The third-order valence-corrected chi connectivity index (χ3v) is 2.37. The van der Waals surface area contributed by atoms with Crippen molar-refractivity contribution in [3.63, 3.8) is 0 Å². The molecule has 1 aromatic heterocycles. The van der Waals surface area contributed by atoms with Crippen LogP contribution in [0.3, 0.4) is 0 Å². The van der Waals surface area contributed by atoms with Crippen LogP contribution in [0.15, 0.2) is 18.5 Å². The zero-order chi connectivity index (χ0) is 11.6. The van der Waals surface area contributed by atoms with E-state index >= 15 is 0 Å². The van der Waals surface area contributed by atoms with Crippen LogP contribution in [0.4, 0.5) is 0 Å². The fraction of sp³-hybridized carbons (Fsp3) is 0.500. The van der Waals surface area contributed by atoms with Gasteiger partial charge in [0.2, 0.25) is 0 Å². The van der Waals surface area contributed by atoms with Gasteiger partial charge in [-0.3, -0.25) is 9.78 Å². The smallest absolute Gasteiger partial charge is 0.181 e. The van der Waals surface area contributed by atoms with Crippen LogP contribution < -0.4 is 5.73 Å². The van der Waals surface area contributed by atoms with Gasteiger partial charge in [0.05, 0.1) is 6.04 Å². The van der Waals surface area contributed by atoms with Crippen molar-refractivity contribution in [3.05, 3.63) is 29.6 Å². The van der Waals surface area contributed by atoms with Crippen molar-refractivity contribution >= 4 is 5.78 Å². The Bertz CT molecular complexity index is 366. The molecule has 1 unspecified atom stereocenters. The molecule has 1 aromatic rings. The van der Waals surface area contributed by atoms with Gasteiger partial charge < -0.3 is 5.73 Å². The maximum atomic E-state index is 12.0. The second kappa shape index (κ2) is 4.11. The Morgan fingerprint density at radius 3 is 2.47 bits per heavy atom. The van der Waals surface area contributed by atoms with Gasteiger partial charge in [0.25, 0.3) is 0 Å². The fourth-order valence-electron chi connectivity index (χ4n) is 1.26. The molecule has 1 rings (SSSR count). The number of hydrogen-bond acceptors (Lipinski definition) is 3. The van der Waals surface area contributed by atoms with Crippen molar-refractivity contribution in [1.29, 1.82) is 0 Å². The van der Waals surface area contributed by atoms with E-state index in [1.54, 1.807) is 12.4 Å². The number of nitrogens with two attached hydrogens (primary N) is 1. The van der Waals surface area contributed by atoms with Crippen molar-refractivity contribution in [3.8, 4) is 0 Å². The predicted molar refractivity (Wildman–Crippen MR) is 60.7 cm³/mol. The van der Waals surface area contributed by atoms with Crippen LogP contribution in [0, 0.1) is 12.3 Å². The Kier molecular flexibility index (Phi) is 3.25. The summed E-state index contributed by atoms with van der Waals surface area (Å²) in [6.45, 7) is 7.78. The minimum Gasteiger partial charge on any atom is -0.321 e. The van der Waals surface area contributed by atoms with Crippen LogP contribution in [0.25, 0.3) is 0 Å². The zero-order valence-corrected chi connectivity index (χ0v) is 9.74. The highest BCUT2D eigenvalue weighted by molar-refractivity contribution is 6.00. The molecule has 0 saturated heterocycles. The summed E-state index contributed by atoms with van der Waals surface area (Å²) in [5, 5.41) is 0. The molecule has 0 aromatic carbocycles. The molecule has 2 N–H and O–H groups in total. The van der Waals surface area contributed by atoms with E-state index in [4.69, 9.17) is 5.73 Å². The number of rotatable bonds is 2. The number of aryl methyl sites for hydroxylation is 1. The first-order valence-corrected chi connectivity index (χ1v) is 5.04. The average molecular weight is 206 g/mol. The van der Waals surface area contributed by atoms with E-state index in [-0.39, 0.29) is 11.2 Å². The monoisotopic (exact) mass is 206 g/mol. The molecular weight excluding hydrogens is 188 g/mol. The van der Waals surface area contributed by atoms with E-state index < -0.39 is 6.04 Å². The number of Topliss-reactive ketones (excluding diaryl/α,β-unsaturated/α-hetero) is 1. The summed E-state index contributed by atoms with van der Waals surface area (Å²) in [4.78, 5) is 16.0. The number of pyridine rings is 1. The van der Waals surface area contributed by atoms with Crippen LogP contribution in [-0.4, -0.2) is 16.8 Å². The number of aromatic nitrogens is 1. The van der Waals surface area contributed by atoms with Crippen LogP contribution in [0.1, 0.15) is 36.7 Å². The van der Waals surface area contributed by atoms with E-state index in [9.17, 15) is 4.79 Å². The Balaban J connectivity index is 2.95. The minimum atomic E-state index is -0.485. The quantitative estimate of drug-likeness (QED) is 0.752. The maximum Gasteiger partial charge on any atom is 0.181 e. The van der Waals surface area contributed by atoms with Gasteiger partial charge in [0.15, 0.2) is 5.78 Å². The molecule has 0 fully saturated rings. The third-order valence-electron chi connectivity index (χ3n) is 2.37. The summed E-state index contributed by atoms with van der Waals surface area (Å²) in [5.41, 5.74) is 7.25. The van der Waals surface area contributed by atoms with Crippen molar-refractivity contribution in [1.82, 2.24) is 4.98 Å². The Labute approximate surface area is 90.7 Å². The first kappa shape index (κ1) is 11.9. The summed E-state index contributed by atoms with van der Waals surface area (Å²) >= 11 is 0. The summed E-state index contributed by atoms with van der Waals surface area (Å²) in [6.07, 6.45) is 3.29. The average Bonchev–Trinajstić information content (AvgIpc) is 2.14. The zero-order valence-electron chi connectivity index (χ0n) is 9.74. The van der Waals surface area contributed by atoms with Gasteiger partial charge in [0.1, 0.15) is 0 Å². The van der Waals surface area contributed by atoms with Gasteiger partial charge in [-0.15, -0.1) is 0 Å². The lowest BCUT2D eigenvalue weighted by molar-refractivity contribution is 0.0901. The summed E-state index contributed by atoms with van der Waals surface area (Å²) in [7, 11) is 0. The van der Waals surface area contributed by atoms with E-state index in [0.717, 1.165) is 5.56 Å². The van der Waals surface area contributed by atoms with Crippen LogP contribution in [-0.2, 0) is 0 Å². The molecule has 0 saturated carbocycles. The van der Waals surface area contributed by atoms with Gasteiger partial charge in [-0.05, 0) is 24.0 Å². The van der Waals surface area contributed by atoms with Crippen LogP contribution >= 0.6 is 0 Å². The highest BCUT2D eigenvalue weighted by atomic mass is 16.1. The second-order valence-electron chi connectivity index (χ2n) is 4.96. The summed E-state index contributed by atoms with van der Waals surface area (Å²) in [5.74, 6) is -0.0429. The lowest BCUT2D eigenvalue weighted by Crippen LogP contribution is -2.42. The summed E-state index contributed by atoms with van der Waals surface area (Å²) < 4.78 is 0. The molecule has 0 radical (unpaired) electrons. The molecule has 1 heterocycles. The highest BCUT2D eigenvalue weighted by Gasteiger charge is 2.28. The molecule has 3 heteroatoms. The number of carbonyl (C=O) groups is 1. The van der Waals surface area contributed by atoms with Crippen LogP contribution in [0.2, 0.25) is 0 Å². The number of ketones is 1. The highest BCUT2D eigenvalue weighted by Crippen LogP contribution is 2.20. The Hall–Kier alpha value is -1.22. The Morgan fingerprint density at radius 1 is 1.40 bits per heavy atom. The second-order valence-corrected chi connectivity index (χ2v) is 4.96. The normalized spacial score (nSPS) is 13.7. The molecule has 0 spiro atoms. The molecule has 1 atom stereocenters. The van der Waals surface area contributed by atoms with Gasteiger partial charge in [0, 0.05) is 18.0 Å². The largest absolute Gasteiger partial charge is 0.321 e. The fourth-order valence-corrected chi connectivity index (χ4v) is 1.26. The molecule has 3 nitrogen and oxygen atoms in total. The van der Waals surface area contributed by atoms with Crippen molar-refractivity contribution in [2.45, 2.75) is 33.7 Å². The van der Waals surface area contributed by atoms with Gasteiger partial charge in [-0.25, -0.2) is 0 Å². The van der Waals surface area contributed by atoms with Crippen molar-refractivity contribution < 1.29 is 4.79 Å².